The third kappa shape index (κ3) is 5.43. The van der Waals surface area contributed by atoms with Crippen LogP contribution in [0.25, 0.3) is 11.8 Å². The summed E-state index contributed by atoms with van der Waals surface area (Å²) in [5.41, 5.74) is 4.81. The molecule has 4 aromatic rings. The number of carbonyl (C=O) groups excluding carboxylic acids is 2. The molecule has 1 aliphatic heterocycles. The number of nitro benzene ring substituents is 1. The van der Waals surface area contributed by atoms with Gasteiger partial charge in [-0.1, -0.05) is 30.0 Å². The number of aromatic nitrogens is 1. The van der Waals surface area contributed by atoms with Crippen LogP contribution in [0.5, 0.6) is 0 Å². The molecule has 0 unspecified atom stereocenters. The van der Waals surface area contributed by atoms with Crippen LogP contribution in [0.1, 0.15) is 28.1 Å². The first kappa shape index (κ1) is 27.0. The topological polar surface area (TPSA) is 109 Å². The second kappa shape index (κ2) is 11.3. The first-order valence-corrected chi connectivity index (χ1v) is 13.8. The van der Waals surface area contributed by atoms with E-state index in [1.165, 1.54) is 28.8 Å². The Bertz CT molecular complexity index is 1720. The molecule has 5 rings (SSSR count). The number of benzene rings is 3. The maximum Gasteiger partial charge on any atom is 0.293 e. The lowest BCUT2D eigenvalue weighted by Crippen LogP contribution is -2.27. The number of carbonyl (C=O) groups is 2. The van der Waals surface area contributed by atoms with Gasteiger partial charge in [-0.05, 0) is 91.3 Å². The summed E-state index contributed by atoms with van der Waals surface area (Å²) in [6.07, 6.45) is 1.75. The number of amides is 2. The van der Waals surface area contributed by atoms with E-state index in [2.05, 4.69) is 10.6 Å². The van der Waals surface area contributed by atoms with Crippen molar-refractivity contribution >= 4 is 46.4 Å². The van der Waals surface area contributed by atoms with Gasteiger partial charge in [0, 0.05) is 39.0 Å². The zero-order chi connectivity index (χ0) is 28.4. The highest BCUT2D eigenvalue weighted by Gasteiger charge is 2.35. The predicted molar refractivity (Wildman–Crippen MR) is 155 cm³/mol. The molecule has 40 heavy (non-hydrogen) atoms. The smallest absolute Gasteiger partial charge is 0.293 e. The number of aryl methyl sites for hydroxylation is 1. The molecule has 1 saturated heterocycles. The minimum absolute atomic E-state index is 0.0506. The maximum absolute atomic E-state index is 13.1. The van der Waals surface area contributed by atoms with E-state index in [4.69, 9.17) is 0 Å². The van der Waals surface area contributed by atoms with Gasteiger partial charge in [0.15, 0.2) is 0 Å². The largest absolute Gasteiger partial charge is 0.318 e. The van der Waals surface area contributed by atoms with Crippen molar-refractivity contribution in [3.8, 4) is 11.8 Å². The Balaban J connectivity index is 1.34. The number of thioether (sulfide) groups is 1. The number of hydrogen-bond acceptors (Lipinski definition) is 7. The molecule has 2 heterocycles. The molecular formula is C30H22N4O4S2. The summed E-state index contributed by atoms with van der Waals surface area (Å²) in [7, 11) is 0. The van der Waals surface area contributed by atoms with Crippen LogP contribution >= 0.6 is 23.5 Å². The predicted octanol–water partition coefficient (Wildman–Crippen LogP) is 7.26. The number of rotatable bonds is 7. The number of nitriles is 1. The molecule has 0 aliphatic carbocycles. The highest BCUT2D eigenvalue weighted by Crippen LogP contribution is 2.35. The van der Waals surface area contributed by atoms with Crippen LogP contribution in [0, 0.1) is 35.3 Å². The summed E-state index contributed by atoms with van der Waals surface area (Å²) in [5.74, 6) is -0.375. The van der Waals surface area contributed by atoms with Crippen molar-refractivity contribution in [1.29, 1.82) is 5.26 Å². The van der Waals surface area contributed by atoms with Gasteiger partial charge in [0.1, 0.15) is 0 Å². The fraction of sp³-hybridized carbons (Fsp3) is 0.100. The fourth-order valence-electron chi connectivity index (χ4n) is 4.48. The lowest BCUT2D eigenvalue weighted by Gasteiger charge is -2.13. The molecule has 0 atom stereocenters. The van der Waals surface area contributed by atoms with Crippen molar-refractivity contribution in [3.05, 3.63) is 122 Å². The molecule has 3 aromatic carbocycles. The van der Waals surface area contributed by atoms with Crippen molar-refractivity contribution in [2.75, 3.05) is 0 Å². The molecule has 2 amide bonds. The van der Waals surface area contributed by atoms with E-state index in [1.54, 1.807) is 42.5 Å². The Morgan fingerprint density at radius 3 is 2.30 bits per heavy atom. The molecule has 0 spiro atoms. The average molecular weight is 567 g/mol. The van der Waals surface area contributed by atoms with Crippen molar-refractivity contribution in [1.82, 2.24) is 9.47 Å². The van der Waals surface area contributed by atoms with E-state index in [0.29, 0.717) is 16.0 Å². The molecule has 8 nitrogen and oxygen atoms in total. The highest BCUT2D eigenvalue weighted by atomic mass is 32.2. The molecule has 0 radical (unpaired) electrons. The first-order valence-electron chi connectivity index (χ1n) is 12.2. The maximum atomic E-state index is 13.1. The van der Waals surface area contributed by atoms with E-state index in [-0.39, 0.29) is 23.4 Å². The van der Waals surface area contributed by atoms with Gasteiger partial charge < -0.3 is 4.57 Å². The van der Waals surface area contributed by atoms with Gasteiger partial charge in [0.25, 0.3) is 16.8 Å². The van der Waals surface area contributed by atoms with Crippen LogP contribution in [0.2, 0.25) is 0 Å². The number of nitro groups is 1. The Hall–Kier alpha value is -4.59. The number of non-ortho nitro benzene ring substituents is 1. The zero-order valence-corrected chi connectivity index (χ0v) is 23.2. The SMILES string of the molecule is Cc1cc(/C=C2/SC(=O)N(Cc3ccccc3C#N)C2=O)c(C)n1-c1ccc(Sc2ccc([N+](=O)[O-])cc2)cc1. The molecule has 1 fully saturated rings. The summed E-state index contributed by atoms with van der Waals surface area (Å²) in [5, 5.41) is 19.9. The van der Waals surface area contributed by atoms with Gasteiger partial charge in [0.05, 0.1) is 28.0 Å². The molecule has 0 bridgehead atoms. The summed E-state index contributed by atoms with van der Waals surface area (Å²) < 4.78 is 2.08. The fourth-order valence-corrected chi connectivity index (χ4v) is 6.13. The first-order chi connectivity index (χ1) is 19.2. The lowest BCUT2D eigenvalue weighted by molar-refractivity contribution is -0.384. The molecule has 0 saturated carbocycles. The normalized spacial score (nSPS) is 14.1. The molecule has 10 heteroatoms. The lowest BCUT2D eigenvalue weighted by atomic mass is 10.1. The monoisotopic (exact) mass is 566 g/mol. The second-order valence-electron chi connectivity index (χ2n) is 9.05. The summed E-state index contributed by atoms with van der Waals surface area (Å²) in [6, 6.07) is 25.4. The summed E-state index contributed by atoms with van der Waals surface area (Å²) >= 11 is 2.41. The Kier molecular flexibility index (Phi) is 7.60. The Morgan fingerprint density at radius 2 is 1.65 bits per heavy atom. The number of hydrogen-bond donors (Lipinski definition) is 0. The van der Waals surface area contributed by atoms with Crippen molar-refractivity contribution in [3.63, 3.8) is 0 Å². The molecule has 198 valence electrons. The highest BCUT2D eigenvalue weighted by molar-refractivity contribution is 8.18. The zero-order valence-electron chi connectivity index (χ0n) is 21.5. The van der Waals surface area contributed by atoms with Crippen LogP contribution in [0.4, 0.5) is 10.5 Å². The van der Waals surface area contributed by atoms with E-state index < -0.39 is 4.92 Å². The molecule has 0 N–H and O–H groups in total. The van der Waals surface area contributed by atoms with Gasteiger partial charge in [0.2, 0.25) is 0 Å². The van der Waals surface area contributed by atoms with Gasteiger partial charge >= 0.3 is 0 Å². The second-order valence-corrected chi connectivity index (χ2v) is 11.2. The summed E-state index contributed by atoms with van der Waals surface area (Å²) in [4.78, 5) is 39.7. The number of imide groups is 1. The minimum Gasteiger partial charge on any atom is -0.318 e. The Morgan fingerprint density at radius 1 is 1.00 bits per heavy atom. The van der Waals surface area contributed by atoms with Crippen LogP contribution < -0.4 is 0 Å². The number of nitrogens with zero attached hydrogens (tertiary/aromatic N) is 4. The summed E-state index contributed by atoms with van der Waals surface area (Å²) in [6.45, 7) is 4.00. The van der Waals surface area contributed by atoms with Crippen LogP contribution in [-0.4, -0.2) is 25.5 Å². The van der Waals surface area contributed by atoms with E-state index in [1.807, 2.05) is 44.2 Å². The average Bonchev–Trinajstić information content (AvgIpc) is 3.38. The van der Waals surface area contributed by atoms with Gasteiger partial charge in [-0.25, -0.2) is 0 Å². The Labute approximate surface area is 239 Å². The van der Waals surface area contributed by atoms with E-state index in [9.17, 15) is 25.0 Å². The third-order valence-corrected chi connectivity index (χ3v) is 8.40. The van der Waals surface area contributed by atoms with Crippen LogP contribution in [0.3, 0.4) is 0 Å². The minimum atomic E-state index is -0.416. The third-order valence-electron chi connectivity index (χ3n) is 6.47. The van der Waals surface area contributed by atoms with Crippen LogP contribution in [-0.2, 0) is 11.3 Å². The van der Waals surface area contributed by atoms with Crippen molar-refractivity contribution in [2.45, 2.75) is 30.2 Å². The molecule has 1 aromatic heterocycles. The van der Waals surface area contributed by atoms with E-state index >= 15 is 0 Å². The van der Waals surface area contributed by atoms with Crippen molar-refractivity contribution in [2.24, 2.45) is 0 Å². The van der Waals surface area contributed by atoms with Crippen LogP contribution in [0.15, 0.2) is 93.6 Å². The standard InChI is InChI=1S/C30H22N4O4S2/c1-19-15-23(16-28-29(35)32(30(36)40-28)18-22-6-4-3-5-21(22)17-31)20(2)33(19)24-7-11-26(12-8-24)39-27-13-9-25(10-14-27)34(37)38/h3-16H,18H2,1-2H3/b28-16+. The quantitative estimate of drug-likeness (QED) is 0.132. The van der Waals surface area contributed by atoms with E-state index in [0.717, 1.165) is 44.2 Å². The molecule has 1 aliphatic rings. The van der Waals surface area contributed by atoms with Gasteiger partial charge in [-0.3, -0.25) is 24.6 Å². The molecular weight excluding hydrogens is 544 g/mol. The van der Waals surface area contributed by atoms with Gasteiger partial charge in [-0.15, -0.1) is 0 Å². The van der Waals surface area contributed by atoms with Crippen molar-refractivity contribution < 1.29 is 14.5 Å². The van der Waals surface area contributed by atoms with Gasteiger partial charge in [-0.2, -0.15) is 5.26 Å².